The van der Waals surface area contributed by atoms with E-state index in [0.29, 0.717) is 0 Å². The summed E-state index contributed by atoms with van der Waals surface area (Å²) in [7, 11) is 0. The molecule has 1 saturated heterocycles. The summed E-state index contributed by atoms with van der Waals surface area (Å²) in [6.45, 7) is 0.836. The second-order valence-corrected chi connectivity index (χ2v) is 3.13. The van der Waals surface area contributed by atoms with Crippen LogP contribution in [0.4, 0.5) is 0 Å². The molecule has 0 amide bonds. The molecule has 0 aromatic carbocycles. The SMILES string of the molecule is CCC1(O)O[C@@]1(O)[C@H](O)[C@H](O)CO. The average molecular weight is 194 g/mol. The third-order valence-electron chi connectivity index (χ3n) is 2.27. The van der Waals surface area contributed by atoms with Crippen LogP contribution >= 0.6 is 0 Å². The van der Waals surface area contributed by atoms with E-state index >= 15 is 0 Å². The Morgan fingerprint density at radius 1 is 1.31 bits per heavy atom. The van der Waals surface area contributed by atoms with Crippen LogP contribution in [0.3, 0.4) is 0 Å². The Labute approximate surface area is 75.0 Å². The Bertz CT molecular complexity index is 197. The molecule has 0 saturated carbocycles. The molecule has 0 aromatic heterocycles. The summed E-state index contributed by atoms with van der Waals surface area (Å²) in [6.07, 6.45) is -3.17. The summed E-state index contributed by atoms with van der Waals surface area (Å²) in [5.41, 5.74) is 0. The molecule has 6 heteroatoms. The lowest BCUT2D eigenvalue weighted by molar-refractivity contribution is -0.136. The molecule has 13 heavy (non-hydrogen) atoms. The molecule has 6 nitrogen and oxygen atoms in total. The quantitative estimate of drug-likeness (QED) is 0.317. The average Bonchev–Trinajstić information content (AvgIpc) is 2.69. The van der Waals surface area contributed by atoms with Gasteiger partial charge in [0.1, 0.15) is 12.2 Å². The van der Waals surface area contributed by atoms with E-state index in [1.807, 2.05) is 0 Å². The van der Waals surface area contributed by atoms with Gasteiger partial charge in [0, 0.05) is 6.42 Å². The molecule has 5 N–H and O–H groups in total. The number of rotatable bonds is 4. The van der Waals surface area contributed by atoms with Crippen molar-refractivity contribution in [2.24, 2.45) is 0 Å². The van der Waals surface area contributed by atoms with E-state index < -0.39 is 30.4 Å². The molecule has 0 aliphatic carbocycles. The number of hydrogen-bond acceptors (Lipinski definition) is 6. The van der Waals surface area contributed by atoms with Gasteiger partial charge in [0.25, 0.3) is 5.79 Å². The Balaban J connectivity index is 2.64. The van der Waals surface area contributed by atoms with Crippen molar-refractivity contribution >= 4 is 0 Å². The van der Waals surface area contributed by atoms with E-state index in [-0.39, 0.29) is 6.42 Å². The highest BCUT2D eigenvalue weighted by molar-refractivity contribution is 5.06. The Kier molecular flexibility index (Phi) is 2.63. The minimum absolute atomic E-state index is 0.0821. The lowest BCUT2D eigenvalue weighted by Crippen LogP contribution is -2.46. The maximum absolute atomic E-state index is 9.42. The highest BCUT2D eigenvalue weighted by atomic mass is 16.8. The van der Waals surface area contributed by atoms with Crippen molar-refractivity contribution in [1.82, 2.24) is 0 Å². The summed E-state index contributed by atoms with van der Waals surface area (Å²) in [5.74, 6) is -3.98. The van der Waals surface area contributed by atoms with E-state index in [4.69, 9.17) is 10.2 Å². The van der Waals surface area contributed by atoms with Crippen LogP contribution < -0.4 is 0 Å². The number of ether oxygens (including phenoxy) is 1. The molecule has 0 bridgehead atoms. The molecular weight excluding hydrogens is 180 g/mol. The van der Waals surface area contributed by atoms with E-state index in [9.17, 15) is 15.3 Å². The van der Waals surface area contributed by atoms with Crippen molar-refractivity contribution in [2.75, 3.05) is 6.61 Å². The standard InChI is InChI=1S/C7H14O6/c1-2-6(11)7(12,13-6)5(10)4(9)3-8/h4-5,8-12H,2-3H2,1H3/t4-,5-,6?,7+/m1/s1. The topological polar surface area (TPSA) is 114 Å². The Morgan fingerprint density at radius 3 is 2.15 bits per heavy atom. The predicted molar refractivity (Wildman–Crippen MR) is 40.4 cm³/mol. The number of hydrogen-bond donors (Lipinski definition) is 5. The zero-order valence-corrected chi connectivity index (χ0v) is 7.21. The summed E-state index contributed by atoms with van der Waals surface area (Å²) in [6, 6.07) is 0. The first-order valence-corrected chi connectivity index (χ1v) is 4.03. The third kappa shape index (κ3) is 1.45. The van der Waals surface area contributed by atoms with E-state index in [1.54, 1.807) is 6.92 Å². The summed E-state index contributed by atoms with van der Waals surface area (Å²) >= 11 is 0. The van der Waals surface area contributed by atoms with Gasteiger partial charge in [0.2, 0.25) is 5.79 Å². The zero-order valence-electron chi connectivity index (χ0n) is 7.21. The van der Waals surface area contributed by atoms with Crippen molar-refractivity contribution in [3.63, 3.8) is 0 Å². The maximum Gasteiger partial charge on any atom is 0.253 e. The Hall–Kier alpha value is -0.240. The van der Waals surface area contributed by atoms with Crippen LogP contribution in [0.25, 0.3) is 0 Å². The Morgan fingerprint density at radius 2 is 1.85 bits per heavy atom. The largest absolute Gasteiger partial charge is 0.394 e. The maximum atomic E-state index is 9.42. The first-order chi connectivity index (χ1) is 5.91. The van der Waals surface area contributed by atoms with E-state index in [1.165, 1.54) is 0 Å². The highest BCUT2D eigenvalue weighted by Gasteiger charge is 2.73. The molecule has 1 rings (SSSR count). The molecule has 0 aromatic rings. The monoisotopic (exact) mass is 194 g/mol. The molecule has 1 fully saturated rings. The van der Waals surface area contributed by atoms with Gasteiger partial charge in [-0.15, -0.1) is 0 Å². The van der Waals surface area contributed by atoms with Gasteiger partial charge in [-0.05, 0) is 0 Å². The van der Waals surface area contributed by atoms with Gasteiger partial charge >= 0.3 is 0 Å². The smallest absolute Gasteiger partial charge is 0.253 e. The summed E-state index contributed by atoms with van der Waals surface area (Å²) < 4.78 is 4.52. The molecule has 0 radical (unpaired) electrons. The molecule has 1 aliphatic heterocycles. The van der Waals surface area contributed by atoms with Gasteiger partial charge in [-0.1, -0.05) is 6.92 Å². The lowest BCUT2D eigenvalue weighted by atomic mass is 10.0. The van der Waals surface area contributed by atoms with Crippen LogP contribution in [-0.4, -0.2) is 55.9 Å². The third-order valence-corrected chi connectivity index (χ3v) is 2.27. The minimum atomic E-state index is -2.16. The first-order valence-electron chi connectivity index (χ1n) is 4.03. The fourth-order valence-electron chi connectivity index (χ4n) is 1.21. The van der Waals surface area contributed by atoms with Crippen LogP contribution in [0.2, 0.25) is 0 Å². The van der Waals surface area contributed by atoms with Crippen molar-refractivity contribution in [1.29, 1.82) is 0 Å². The van der Waals surface area contributed by atoms with Gasteiger partial charge in [0.05, 0.1) is 6.61 Å². The molecule has 1 unspecified atom stereocenters. The van der Waals surface area contributed by atoms with Gasteiger partial charge < -0.3 is 30.3 Å². The van der Waals surface area contributed by atoms with Crippen molar-refractivity contribution in [2.45, 2.75) is 37.1 Å². The molecule has 1 aliphatic rings. The van der Waals surface area contributed by atoms with Crippen LogP contribution in [0, 0.1) is 0 Å². The van der Waals surface area contributed by atoms with Gasteiger partial charge in [-0.25, -0.2) is 0 Å². The van der Waals surface area contributed by atoms with Gasteiger partial charge in [0.15, 0.2) is 0 Å². The minimum Gasteiger partial charge on any atom is -0.394 e. The predicted octanol–water partition coefficient (Wildman–Crippen LogP) is -2.48. The zero-order chi connectivity index (χ0) is 10.3. The lowest BCUT2D eigenvalue weighted by Gasteiger charge is -2.19. The summed E-state index contributed by atoms with van der Waals surface area (Å²) in [5, 5.41) is 45.5. The van der Waals surface area contributed by atoms with Gasteiger partial charge in [-0.3, -0.25) is 0 Å². The van der Waals surface area contributed by atoms with Crippen LogP contribution in [-0.2, 0) is 4.74 Å². The molecule has 0 spiro atoms. The molecule has 1 heterocycles. The first kappa shape index (κ1) is 10.8. The second-order valence-electron chi connectivity index (χ2n) is 3.13. The van der Waals surface area contributed by atoms with Crippen molar-refractivity contribution in [3.05, 3.63) is 0 Å². The molecule has 78 valence electrons. The number of epoxide rings is 1. The normalized spacial score (nSPS) is 42.9. The van der Waals surface area contributed by atoms with Crippen LogP contribution in [0.1, 0.15) is 13.3 Å². The molecule has 4 atom stereocenters. The highest BCUT2D eigenvalue weighted by Crippen LogP contribution is 2.49. The van der Waals surface area contributed by atoms with E-state index in [0.717, 1.165) is 0 Å². The summed E-state index contributed by atoms with van der Waals surface area (Å²) in [4.78, 5) is 0. The fourth-order valence-corrected chi connectivity index (χ4v) is 1.21. The van der Waals surface area contributed by atoms with Gasteiger partial charge in [-0.2, -0.15) is 0 Å². The number of aliphatic hydroxyl groups excluding tert-OH is 3. The van der Waals surface area contributed by atoms with Crippen molar-refractivity contribution < 1.29 is 30.3 Å². The fraction of sp³-hybridized carbons (Fsp3) is 1.00. The van der Waals surface area contributed by atoms with E-state index in [2.05, 4.69) is 4.74 Å². The van der Waals surface area contributed by atoms with Crippen molar-refractivity contribution in [3.8, 4) is 0 Å². The van der Waals surface area contributed by atoms with Crippen LogP contribution in [0.15, 0.2) is 0 Å². The number of aliphatic hydroxyl groups is 5. The molecular formula is C7H14O6. The second kappa shape index (κ2) is 3.16. The van der Waals surface area contributed by atoms with Crippen LogP contribution in [0.5, 0.6) is 0 Å².